The minimum absolute atomic E-state index is 0.0849. The fraction of sp³-hybridized carbons (Fsp3) is 0.208. The standard InChI is InChI=1S/C24H25NO/c1-19-7-5-8-20(17-19)9-6-16-25-24(26)18-21-12-14-23(15-13-21)22-10-3-2-4-11-22/h2-5,7-8,10-15,17H,6,9,16,18H2,1H3,(H,25,26). The molecule has 0 aromatic heterocycles. The maximum absolute atomic E-state index is 12.1. The number of rotatable bonds is 7. The molecule has 0 unspecified atom stereocenters. The van der Waals surface area contributed by atoms with E-state index >= 15 is 0 Å². The van der Waals surface area contributed by atoms with E-state index in [0.717, 1.165) is 24.9 Å². The molecule has 0 spiro atoms. The van der Waals surface area contributed by atoms with Crippen LogP contribution in [0.4, 0.5) is 0 Å². The molecule has 3 rings (SSSR count). The SMILES string of the molecule is Cc1cccc(CCCNC(=O)Cc2ccc(-c3ccccc3)cc2)c1. The number of benzene rings is 3. The van der Waals surface area contributed by atoms with Gasteiger partial charge < -0.3 is 5.32 Å². The fourth-order valence-electron chi connectivity index (χ4n) is 3.08. The highest BCUT2D eigenvalue weighted by Crippen LogP contribution is 2.19. The Labute approximate surface area is 155 Å². The van der Waals surface area contributed by atoms with Crippen molar-refractivity contribution in [2.24, 2.45) is 0 Å². The van der Waals surface area contributed by atoms with Gasteiger partial charge in [-0.2, -0.15) is 0 Å². The number of nitrogens with one attached hydrogen (secondary N) is 1. The predicted molar refractivity (Wildman–Crippen MR) is 108 cm³/mol. The lowest BCUT2D eigenvalue weighted by atomic mass is 10.0. The number of aryl methyl sites for hydroxylation is 2. The Balaban J connectivity index is 1.43. The van der Waals surface area contributed by atoms with Gasteiger partial charge in [0.25, 0.3) is 0 Å². The van der Waals surface area contributed by atoms with Crippen LogP contribution < -0.4 is 5.32 Å². The van der Waals surface area contributed by atoms with Gasteiger partial charge in [0.1, 0.15) is 0 Å². The summed E-state index contributed by atoms with van der Waals surface area (Å²) in [6, 6.07) is 27.0. The summed E-state index contributed by atoms with van der Waals surface area (Å²) in [6.07, 6.45) is 2.38. The van der Waals surface area contributed by atoms with Gasteiger partial charge in [0, 0.05) is 6.54 Å². The van der Waals surface area contributed by atoms with Crippen LogP contribution in [0.1, 0.15) is 23.1 Å². The van der Waals surface area contributed by atoms with Gasteiger partial charge in [0.05, 0.1) is 6.42 Å². The molecule has 2 heteroatoms. The van der Waals surface area contributed by atoms with Gasteiger partial charge in [-0.05, 0) is 42.0 Å². The lowest BCUT2D eigenvalue weighted by Gasteiger charge is -2.07. The van der Waals surface area contributed by atoms with E-state index in [1.165, 1.54) is 22.3 Å². The number of carbonyl (C=O) groups excluding carboxylic acids is 1. The number of hydrogen-bond donors (Lipinski definition) is 1. The van der Waals surface area contributed by atoms with Crippen molar-refractivity contribution >= 4 is 5.91 Å². The Morgan fingerprint density at radius 1 is 0.808 bits per heavy atom. The van der Waals surface area contributed by atoms with E-state index in [9.17, 15) is 4.79 Å². The second-order valence-electron chi connectivity index (χ2n) is 6.68. The first kappa shape index (κ1) is 17.9. The summed E-state index contributed by atoms with van der Waals surface area (Å²) in [5.74, 6) is 0.0849. The highest BCUT2D eigenvalue weighted by atomic mass is 16.1. The van der Waals surface area contributed by atoms with Crippen LogP contribution in [0.2, 0.25) is 0 Å². The Morgan fingerprint density at radius 2 is 1.54 bits per heavy atom. The number of hydrogen-bond acceptors (Lipinski definition) is 1. The predicted octanol–water partition coefficient (Wildman–Crippen LogP) is 4.95. The van der Waals surface area contributed by atoms with Crippen LogP contribution >= 0.6 is 0 Å². The van der Waals surface area contributed by atoms with Crippen molar-refractivity contribution < 1.29 is 4.79 Å². The first-order chi connectivity index (χ1) is 12.7. The highest BCUT2D eigenvalue weighted by Gasteiger charge is 2.04. The first-order valence-corrected chi connectivity index (χ1v) is 9.17. The maximum Gasteiger partial charge on any atom is 0.224 e. The third-order valence-corrected chi connectivity index (χ3v) is 4.47. The van der Waals surface area contributed by atoms with Crippen LogP contribution in [-0.2, 0) is 17.6 Å². The first-order valence-electron chi connectivity index (χ1n) is 9.17. The van der Waals surface area contributed by atoms with Gasteiger partial charge in [0.15, 0.2) is 0 Å². The Kier molecular flexibility index (Phi) is 6.21. The lowest BCUT2D eigenvalue weighted by molar-refractivity contribution is -0.120. The van der Waals surface area contributed by atoms with E-state index < -0.39 is 0 Å². The Morgan fingerprint density at radius 3 is 2.27 bits per heavy atom. The van der Waals surface area contributed by atoms with Gasteiger partial charge in [0.2, 0.25) is 5.91 Å². The molecule has 0 saturated carbocycles. The van der Waals surface area contributed by atoms with E-state index in [2.05, 4.69) is 60.8 Å². The Hall–Kier alpha value is -2.87. The van der Waals surface area contributed by atoms with Crippen LogP contribution in [0.3, 0.4) is 0 Å². The molecule has 0 fully saturated rings. The van der Waals surface area contributed by atoms with Crippen LogP contribution in [0.15, 0.2) is 78.9 Å². The lowest BCUT2D eigenvalue weighted by Crippen LogP contribution is -2.26. The summed E-state index contributed by atoms with van der Waals surface area (Å²) < 4.78 is 0. The summed E-state index contributed by atoms with van der Waals surface area (Å²) in [7, 11) is 0. The summed E-state index contributed by atoms with van der Waals surface area (Å²) in [5.41, 5.74) is 6.02. The van der Waals surface area contributed by atoms with Crippen molar-refractivity contribution in [1.82, 2.24) is 5.32 Å². The van der Waals surface area contributed by atoms with Gasteiger partial charge in [-0.1, -0.05) is 84.4 Å². The highest BCUT2D eigenvalue weighted by molar-refractivity contribution is 5.78. The quantitative estimate of drug-likeness (QED) is 0.604. The molecule has 0 aliphatic heterocycles. The second-order valence-corrected chi connectivity index (χ2v) is 6.68. The molecule has 26 heavy (non-hydrogen) atoms. The van der Waals surface area contributed by atoms with E-state index in [4.69, 9.17) is 0 Å². The molecule has 0 heterocycles. The molecule has 0 radical (unpaired) electrons. The second kappa shape index (κ2) is 9.00. The monoisotopic (exact) mass is 343 g/mol. The van der Waals surface area contributed by atoms with E-state index in [1.54, 1.807) is 0 Å². The van der Waals surface area contributed by atoms with Crippen molar-refractivity contribution in [2.45, 2.75) is 26.2 Å². The zero-order valence-corrected chi connectivity index (χ0v) is 15.2. The molecule has 0 aliphatic rings. The van der Waals surface area contributed by atoms with Crippen molar-refractivity contribution in [1.29, 1.82) is 0 Å². The molecule has 3 aromatic carbocycles. The molecular weight excluding hydrogens is 318 g/mol. The van der Waals surface area contributed by atoms with Gasteiger partial charge in [-0.15, -0.1) is 0 Å². The molecule has 3 aromatic rings. The fourth-order valence-corrected chi connectivity index (χ4v) is 3.08. The van der Waals surface area contributed by atoms with E-state index in [-0.39, 0.29) is 5.91 Å². The zero-order chi connectivity index (χ0) is 18.2. The summed E-state index contributed by atoms with van der Waals surface area (Å²) in [5, 5.41) is 3.02. The smallest absolute Gasteiger partial charge is 0.224 e. The zero-order valence-electron chi connectivity index (χ0n) is 15.2. The summed E-state index contributed by atoms with van der Waals surface area (Å²) in [4.78, 5) is 12.1. The maximum atomic E-state index is 12.1. The molecular formula is C24H25NO. The van der Waals surface area contributed by atoms with E-state index in [1.807, 2.05) is 30.3 Å². The van der Waals surface area contributed by atoms with Crippen molar-refractivity contribution in [3.63, 3.8) is 0 Å². The van der Waals surface area contributed by atoms with Crippen LogP contribution in [0.25, 0.3) is 11.1 Å². The average Bonchev–Trinajstić information content (AvgIpc) is 2.67. The molecule has 0 atom stereocenters. The van der Waals surface area contributed by atoms with Gasteiger partial charge in [-0.3, -0.25) is 4.79 Å². The molecule has 1 amide bonds. The van der Waals surface area contributed by atoms with Crippen LogP contribution in [-0.4, -0.2) is 12.5 Å². The normalized spacial score (nSPS) is 10.5. The molecule has 0 aliphatic carbocycles. The number of carbonyl (C=O) groups is 1. The minimum atomic E-state index is 0.0849. The third kappa shape index (κ3) is 5.32. The molecule has 0 bridgehead atoms. The average molecular weight is 343 g/mol. The van der Waals surface area contributed by atoms with Crippen LogP contribution in [0, 0.1) is 6.92 Å². The third-order valence-electron chi connectivity index (χ3n) is 4.47. The molecule has 0 saturated heterocycles. The minimum Gasteiger partial charge on any atom is -0.356 e. The molecule has 1 N–H and O–H groups in total. The van der Waals surface area contributed by atoms with E-state index in [0.29, 0.717) is 6.42 Å². The van der Waals surface area contributed by atoms with Crippen molar-refractivity contribution in [3.8, 4) is 11.1 Å². The molecule has 132 valence electrons. The largest absolute Gasteiger partial charge is 0.356 e. The summed E-state index contributed by atoms with van der Waals surface area (Å²) in [6.45, 7) is 2.82. The van der Waals surface area contributed by atoms with Crippen molar-refractivity contribution in [2.75, 3.05) is 6.54 Å². The summed E-state index contributed by atoms with van der Waals surface area (Å²) >= 11 is 0. The number of amides is 1. The Bertz CT molecular complexity index is 838. The van der Waals surface area contributed by atoms with Crippen LogP contribution in [0.5, 0.6) is 0 Å². The van der Waals surface area contributed by atoms with Gasteiger partial charge >= 0.3 is 0 Å². The van der Waals surface area contributed by atoms with Gasteiger partial charge in [-0.25, -0.2) is 0 Å². The molecule has 2 nitrogen and oxygen atoms in total. The van der Waals surface area contributed by atoms with Crippen molar-refractivity contribution in [3.05, 3.63) is 95.6 Å². The topological polar surface area (TPSA) is 29.1 Å².